The smallest absolute Gasteiger partial charge is 0.281 e. The van der Waals surface area contributed by atoms with E-state index in [2.05, 4.69) is 16.8 Å². The number of hydrogen-bond donors (Lipinski definition) is 4. The van der Waals surface area contributed by atoms with Crippen LogP contribution in [-0.2, 0) is 20.8 Å². The topological polar surface area (TPSA) is 165 Å². The Bertz CT molecular complexity index is 709. The van der Waals surface area contributed by atoms with Gasteiger partial charge in [0.2, 0.25) is 5.91 Å². The molecule has 0 radical (unpaired) electrons. The first-order valence-corrected chi connectivity index (χ1v) is 10.1. The van der Waals surface area contributed by atoms with E-state index in [1.165, 1.54) is 17.0 Å². The second-order valence-electron chi connectivity index (χ2n) is 7.49. The van der Waals surface area contributed by atoms with Crippen molar-refractivity contribution in [1.29, 1.82) is 0 Å². The maximum atomic E-state index is 12.7. The van der Waals surface area contributed by atoms with Crippen LogP contribution in [0.1, 0.15) is 37.7 Å². The van der Waals surface area contributed by atoms with Gasteiger partial charge < -0.3 is 36.7 Å². The van der Waals surface area contributed by atoms with Crippen molar-refractivity contribution < 1.29 is 36.1 Å². The number of phenols is 1. The van der Waals surface area contributed by atoms with Gasteiger partial charge in [-0.05, 0) is 49.8 Å². The number of aromatic hydroxyl groups is 1. The number of nitrogens with zero attached hydrogens (tertiary/aromatic N) is 1. The molecule has 1 aromatic carbocycles. The Hall–Kier alpha value is -2.65. The van der Waals surface area contributed by atoms with Gasteiger partial charge >= 0.3 is 0 Å². The Balaban J connectivity index is 1.99. The van der Waals surface area contributed by atoms with Crippen LogP contribution in [0.25, 0.3) is 0 Å². The first kappa shape index (κ1) is 22.6. The fourth-order valence-electron chi connectivity index (χ4n) is 3.56. The highest BCUT2D eigenvalue weighted by Gasteiger charge is 2.37. The molecule has 0 unspecified atom stereocenters. The van der Waals surface area contributed by atoms with Crippen molar-refractivity contribution in [3.05, 3.63) is 29.8 Å². The number of aliphatic carboxylic acids is 1. The third-order valence-corrected chi connectivity index (χ3v) is 5.22. The minimum atomic E-state index is -1.40. The van der Waals surface area contributed by atoms with Crippen molar-refractivity contribution in [2.45, 2.75) is 56.7 Å². The van der Waals surface area contributed by atoms with Crippen LogP contribution in [0, 0.1) is 0 Å². The number of amides is 2. The highest BCUT2D eigenvalue weighted by atomic mass is 16.4. The predicted molar refractivity (Wildman–Crippen MR) is 102 cm³/mol. The number of carboxylic acid groups (broad SMARTS) is 1. The van der Waals surface area contributed by atoms with Gasteiger partial charge in [0.15, 0.2) is 6.04 Å². The molecule has 1 aliphatic heterocycles. The fraction of sp³-hybridized carbons (Fsp3) is 0.550. The standard InChI is InChI=1S/C20H30N4O5/c21-10-2-1-4-15(22)19(27)24-11-3-5-17(24)18(26)23-16(20(28)29)12-13-6-8-14(25)9-7-13/h6-9,15-17,25H,1-5,10-12,21-22H2,(H,23,26)(H,28,29)/p+1/t15-,16-,17-/m0/s1. The summed E-state index contributed by atoms with van der Waals surface area (Å²) in [5.41, 5.74) is 8.35. The first-order valence-electron chi connectivity index (χ1n) is 10.1. The van der Waals surface area contributed by atoms with E-state index in [4.69, 9.17) is 0 Å². The molecule has 2 amide bonds. The monoisotopic (exact) mass is 407 g/mol. The Morgan fingerprint density at radius 2 is 1.93 bits per heavy atom. The molecule has 0 spiro atoms. The average molecular weight is 407 g/mol. The molecule has 29 heavy (non-hydrogen) atoms. The Kier molecular flexibility index (Phi) is 8.41. The van der Waals surface area contributed by atoms with Gasteiger partial charge in [-0.25, -0.2) is 0 Å². The van der Waals surface area contributed by atoms with E-state index in [1.54, 1.807) is 12.1 Å². The molecule has 1 aromatic rings. The number of phenolic OH excluding ortho intramolecular Hbond substituents is 1. The number of hydrogen-bond acceptors (Lipinski definition) is 5. The van der Waals surface area contributed by atoms with Crippen molar-refractivity contribution in [2.24, 2.45) is 0 Å². The van der Waals surface area contributed by atoms with Gasteiger partial charge in [-0.3, -0.25) is 9.59 Å². The molecule has 0 saturated carbocycles. The van der Waals surface area contributed by atoms with Crippen molar-refractivity contribution >= 4 is 17.8 Å². The number of unbranched alkanes of at least 4 members (excludes halogenated alkanes) is 1. The molecule has 1 saturated heterocycles. The number of likely N-dealkylation sites (tertiary alicyclic amines) is 1. The predicted octanol–water partition coefficient (Wildman–Crippen LogP) is -2.82. The summed E-state index contributed by atoms with van der Waals surface area (Å²) in [5, 5.41) is 23.4. The van der Waals surface area contributed by atoms with Crippen LogP contribution in [-0.4, -0.2) is 59.0 Å². The normalized spacial score (nSPS) is 18.3. The summed E-state index contributed by atoms with van der Waals surface area (Å²) in [4.78, 5) is 38.5. The average Bonchev–Trinajstić information content (AvgIpc) is 3.18. The van der Waals surface area contributed by atoms with Crippen molar-refractivity contribution in [3.8, 4) is 5.75 Å². The molecular formula is C20H31N4O5+. The van der Waals surface area contributed by atoms with Gasteiger partial charge in [-0.2, -0.15) is 0 Å². The lowest BCUT2D eigenvalue weighted by atomic mass is 10.0. The van der Waals surface area contributed by atoms with Crippen LogP contribution >= 0.6 is 0 Å². The SMILES string of the molecule is [NH3+]CCCC[C@H]([NH3+])C(=O)N1CCC[C@H]1C(=O)N[C@@H](Cc1ccc(O)cc1)C(=O)[O-]. The quantitative estimate of drug-likeness (QED) is 0.307. The lowest BCUT2D eigenvalue weighted by molar-refractivity contribution is -0.408. The lowest BCUT2D eigenvalue weighted by Gasteiger charge is -2.28. The second kappa shape index (κ2) is 10.8. The largest absolute Gasteiger partial charge is 0.548 e. The summed E-state index contributed by atoms with van der Waals surface area (Å²) in [6, 6.07) is 3.72. The van der Waals surface area contributed by atoms with Crippen molar-refractivity contribution in [3.63, 3.8) is 0 Å². The van der Waals surface area contributed by atoms with E-state index in [0.29, 0.717) is 31.4 Å². The zero-order valence-electron chi connectivity index (χ0n) is 16.6. The summed E-state index contributed by atoms with van der Waals surface area (Å²) in [6.45, 7) is 1.27. The van der Waals surface area contributed by atoms with Crippen LogP contribution in [0.5, 0.6) is 5.75 Å². The summed E-state index contributed by atoms with van der Waals surface area (Å²) in [6.07, 6.45) is 3.62. The summed E-state index contributed by atoms with van der Waals surface area (Å²) in [7, 11) is 0. The van der Waals surface area contributed by atoms with E-state index in [-0.39, 0.29) is 18.1 Å². The van der Waals surface area contributed by atoms with Crippen LogP contribution in [0.3, 0.4) is 0 Å². The van der Waals surface area contributed by atoms with Crippen molar-refractivity contribution in [2.75, 3.05) is 13.1 Å². The lowest BCUT2D eigenvalue weighted by Crippen LogP contribution is -2.69. The van der Waals surface area contributed by atoms with Gasteiger partial charge in [0.1, 0.15) is 11.8 Å². The van der Waals surface area contributed by atoms with E-state index in [0.717, 1.165) is 19.4 Å². The van der Waals surface area contributed by atoms with Gasteiger partial charge in [-0.15, -0.1) is 0 Å². The van der Waals surface area contributed by atoms with Crippen LogP contribution < -0.4 is 21.9 Å². The highest BCUT2D eigenvalue weighted by Crippen LogP contribution is 2.19. The number of carboxylic acids is 1. The van der Waals surface area contributed by atoms with E-state index in [9.17, 15) is 24.6 Å². The fourth-order valence-corrected chi connectivity index (χ4v) is 3.56. The molecule has 9 nitrogen and oxygen atoms in total. The minimum Gasteiger partial charge on any atom is -0.548 e. The maximum absolute atomic E-state index is 12.7. The molecular weight excluding hydrogens is 376 g/mol. The molecule has 0 aliphatic carbocycles. The molecule has 0 aromatic heterocycles. The zero-order chi connectivity index (χ0) is 21.4. The number of nitrogens with one attached hydrogen (secondary N) is 1. The minimum absolute atomic E-state index is 0.0258. The molecule has 0 bridgehead atoms. The second-order valence-corrected chi connectivity index (χ2v) is 7.49. The van der Waals surface area contributed by atoms with Gasteiger partial charge in [0, 0.05) is 13.0 Å². The number of carbonyl (C=O) groups is 3. The molecule has 3 atom stereocenters. The molecule has 1 heterocycles. The molecule has 1 fully saturated rings. The van der Waals surface area contributed by atoms with E-state index < -0.39 is 30.0 Å². The van der Waals surface area contributed by atoms with E-state index >= 15 is 0 Å². The Morgan fingerprint density at radius 1 is 1.24 bits per heavy atom. The molecule has 8 N–H and O–H groups in total. The third-order valence-electron chi connectivity index (χ3n) is 5.22. The van der Waals surface area contributed by atoms with E-state index in [1.807, 2.05) is 0 Å². The zero-order valence-corrected chi connectivity index (χ0v) is 16.6. The summed E-state index contributed by atoms with van der Waals surface area (Å²) >= 11 is 0. The summed E-state index contributed by atoms with van der Waals surface area (Å²) in [5.74, 6) is -1.99. The van der Waals surface area contributed by atoms with Crippen LogP contribution in [0.15, 0.2) is 24.3 Å². The number of benzene rings is 1. The highest BCUT2D eigenvalue weighted by molar-refractivity contribution is 5.91. The first-order chi connectivity index (χ1) is 13.8. The Morgan fingerprint density at radius 3 is 2.55 bits per heavy atom. The number of carbonyl (C=O) groups excluding carboxylic acids is 3. The number of rotatable bonds is 10. The van der Waals surface area contributed by atoms with Crippen LogP contribution in [0.2, 0.25) is 0 Å². The Labute approximate surface area is 170 Å². The summed E-state index contributed by atoms with van der Waals surface area (Å²) < 4.78 is 0. The number of quaternary nitrogens is 2. The van der Waals surface area contributed by atoms with Crippen molar-refractivity contribution in [1.82, 2.24) is 10.2 Å². The molecule has 2 rings (SSSR count). The van der Waals surface area contributed by atoms with Gasteiger partial charge in [0.25, 0.3) is 5.91 Å². The molecule has 9 heteroatoms. The van der Waals surface area contributed by atoms with Gasteiger partial charge in [0.05, 0.1) is 18.6 Å². The molecule has 1 aliphatic rings. The van der Waals surface area contributed by atoms with Gasteiger partial charge in [-0.1, -0.05) is 12.1 Å². The van der Waals surface area contributed by atoms with Crippen LogP contribution in [0.4, 0.5) is 0 Å². The maximum Gasteiger partial charge on any atom is 0.281 e. The molecule has 160 valence electrons. The third kappa shape index (κ3) is 6.43.